The van der Waals surface area contributed by atoms with Crippen LogP contribution in [0.2, 0.25) is 0 Å². The van der Waals surface area contributed by atoms with Crippen molar-refractivity contribution in [2.75, 3.05) is 13.7 Å². The van der Waals surface area contributed by atoms with Gasteiger partial charge in [-0.25, -0.2) is 0 Å². The first-order chi connectivity index (χ1) is 6.81. The Bertz CT molecular complexity index is 426. The number of para-hydroxylation sites is 1. The minimum atomic E-state index is -0.0244. The first-order valence-corrected chi connectivity index (χ1v) is 4.41. The van der Waals surface area contributed by atoms with Crippen molar-refractivity contribution in [3.8, 4) is 0 Å². The van der Waals surface area contributed by atoms with E-state index in [9.17, 15) is 4.79 Å². The van der Waals surface area contributed by atoms with Gasteiger partial charge >= 0.3 is 0 Å². The quantitative estimate of drug-likeness (QED) is 0.750. The number of ketones is 1. The molecule has 0 aliphatic rings. The number of hydrogen-bond donors (Lipinski definition) is 1. The number of rotatable bonds is 3. The van der Waals surface area contributed by atoms with E-state index in [4.69, 9.17) is 4.74 Å². The number of methoxy groups -OCH3 is 1. The average molecular weight is 189 g/mol. The Hall–Kier alpha value is -1.61. The minimum Gasteiger partial charge on any atom is -0.376 e. The first kappa shape index (κ1) is 8.97. The molecule has 1 heterocycles. The summed E-state index contributed by atoms with van der Waals surface area (Å²) in [4.78, 5) is 14.5. The Morgan fingerprint density at radius 2 is 2.21 bits per heavy atom. The zero-order valence-electron chi connectivity index (χ0n) is 7.91. The van der Waals surface area contributed by atoms with Gasteiger partial charge in [0.15, 0.2) is 0 Å². The molecule has 0 aliphatic heterocycles. The number of fused-ring (bicyclic) bond motifs is 1. The lowest BCUT2D eigenvalue weighted by molar-refractivity contribution is 0.0844. The highest BCUT2D eigenvalue weighted by Gasteiger charge is 2.07. The molecule has 3 nitrogen and oxygen atoms in total. The number of H-pyrrole nitrogens is 1. The molecule has 0 unspecified atom stereocenters. The largest absolute Gasteiger partial charge is 0.376 e. The molecule has 0 spiro atoms. The van der Waals surface area contributed by atoms with E-state index in [0.717, 1.165) is 10.9 Å². The van der Waals surface area contributed by atoms with E-state index >= 15 is 0 Å². The molecule has 0 aliphatic carbocycles. The number of aromatic amines is 1. The van der Waals surface area contributed by atoms with Crippen LogP contribution in [0.15, 0.2) is 30.3 Å². The van der Waals surface area contributed by atoms with E-state index in [1.54, 1.807) is 0 Å². The number of ether oxygens (including phenoxy) is 1. The molecule has 0 bridgehead atoms. The molecule has 2 rings (SSSR count). The summed E-state index contributed by atoms with van der Waals surface area (Å²) in [5, 5.41) is 1.05. The number of aromatic nitrogens is 1. The summed E-state index contributed by atoms with van der Waals surface area (Å²) in [6.07, 6.45) is 0. The standard InChI is InChI=1S/C11H11NO2/c1-14-7-11(13)10-6-8-4-2-3-5-9(8)12-10/h2-6,12H,7H2,1H3. The number of carbonyl (C=O) groups is 1. The Kier molecular flexibility index (Phi) is 2.33. The fourth-order valence-electron chi connectivity index (χ4n) is 1.43. The normalized spacial score (nSPS) is 10.6. The maximum atomic E-state index is 11.5. The van der Waals surface area contributed by atoms with Crippen LogP contribution in [-0.2, 0) is 4.74 Å². The monoisotopic (exact) mass is 189 g/mol. The van der Waals surface area contributed by atoms with Crippen LogP contribution in [0.4, 0.5) is 0 Å². The summed E-state index contributed by atoms with van der Waals surface area (Å²) in [5.41, 5.74) is 1.58. The Morgan fingerprint density at radius 1 is 1.43 bits per heavy atom. The van der Waals surface area contributed by atoms with E-state index in [2.05, 4.69) is 4.98 Å². The molecular weight excluding hydrogens is 178 g/mol. The van der Waals surface area contributed by atoms with E-state index in [-0.39, 0.29) is 12.4 Å². The van der Waals surface area contributed by atoms with Crippen LogP contribution in [0.5, 0.6) is 0 Å². The van der Waals surface area contributed by atoms with Crippen LogP contribution in [0.3, 0.4) is 0 Å². The van der Waals surface area contributed by atoms with Gasteiger partial charge in [0.25, 0.3) is 0 Å². The Balaban J connectivity index is 2.40. The van der Waals surface area contributed by atoms with Gasteiger partial charge in [-0.15, -0.1) is 0 Å². The van der Waals surface area contributed by atoms with Crippen LogP contribution < -0.4 is 0 Å². The second-order valence-corrected chi connectivity index (χ2v) is 3.13. The van der Waals surface area contributed by atoms with Gasteiger partial charge in [0, 0.05) is 18.0 Å². The molecule has 2 aromatic rings. The zero-order valence-corrected chi connectivity index (χ0v) is 7.91. The van der Waals surface area contributed by atoms with E-state index < -0.39 is 0 Å². The number of carbonyl (C=O) groups excluding carboxylic acids is 1. The van der Waals surface area contributed by atoms with Crippen LogP contribution in [0, 0.1) is 0 Å². The average Bonchev–Trinajstić information content (AvgIpc) is 2.61. The summed E-state index contributed by atoms with van der Waals surface area (Å²) >= 11 is 0. The predicted molar refractivity (Wildman–Crippen MR) is 54.5 cm³/mol. The molecule has 1 N–H and O–H groups in total. The molecule has 0 atom stereocenters. The molecular formula is C11H11NO2. The van der Waals surface area contributed by atoms with Crippen LogP contribution in [0.25, 0.3) is 10.9 Å². The van der Waals surface area contributed by atoms with E-state index in [0.29, 0.717) is 5.69 Å². The molecule has 0 amide bonds. The van der Waals surface area contributed by atoms with Crippen LogP contribution in [-0.4, -0.2) is 24.5 Å². The predicted octanol–water partition coefficient (Wildman–Crippen LogP) is 2.00. The zero-order chi connectivity index (χ0) is 9.97. The summed E-state index contributed by atoms with van der Waals surface area (Å²) in [5.74, 6) is -0.0244. The highest BCUT2D eigenvalue weighted by molar-refractivity contribution is 6.00. The molecule has 0 fully saturated rings. The van der Waals surface area contributed by atoms with Crippen molar-refractivity contribution in [3.05, 3.63) is 36.0 Å². The third-order valence-corrected chi connectivity index (χ3v) is 2.11. The third kappa shape index (κ3) is 1.54. The third-order valence-electron chi connectivity index (χ3n) is 2.11. The molecule has 0 saturated heterocycles. The van der Waals surface area contributed by atoms with Crippen molar-refractivity contribution in [2.24, 2.45) is 0 Å². The number of Topliss-reactive ketones (excluding diaryl/α,β-unsaturated/α-hetero) is 1. The van der Waals surface area contributed by atoms with Crippen molar-refractivity contribution in [1.29, 1.82) is 0 Å². The number of hydrogen-bond acceptors (Lipinski definition) is 2. The van der Waals surface area contributed by atoms with Gasteiger partial charge in [-0.2, -0.15) is 0 Å². The van der Waals surface area contributed by atoms with Gasteiger partial charge in [-0.05, 0) is 12.1 Å². The summed E-state index contributed by atoms with van der Waals surface area (Å²) < 4.78 is 4.78. The van der Waals surface area contributed by atoms with Crippen molar-refractivity contribution in [3.63, 3.8) is 0 Å². The lowest BCUT2D eigenvalue weighted by Gasteiger charge is -1.93. The summed E-state index contributed by atoms with van der Waals surface area (Å²) in [6, 6.07) is 9.63. The molecule has 1 aromatic heterocycles. The number of nitrogens with one attached hydrogen (secondary N) is 1. The van der Waals surface area contributed by atoms with Gasteiger partial charge in [-0.3, -0.25) is 4.79 Å². The molecule has 72 valence electrons. The van der Waals surface area contributed by atoms with E-state index in [1.165, 1.54) is 7.11 Å². The number of benzene rings is 1. The second-order valence-electron chi connectivity index (χ2n) is 3.13. The molecule has 3 heteroatoms. The Morgan fingerprint density at radius 3 is 2.93 bits per heavy atom. The van der Waals surface area contributed by atoms with Gasteiger partial charge in [0.2, 0.25) is 5.78 Å². The fraction of sp³-hybridized carbons (Fsp3) is 0.182. The van der Waals surface area contributed by atoms with Crippen molar-refractivity contribution < 1.29 is 9.53 Å². The SMILES string of the molecule is COCC(=O)c1cc2ccccc2[nH]1. The van der Waals surface area contributed by atoms with Gasteiger partial charge in [-0.1, -0.05) is 18.2 Å². The maximum Gasteiger partial charge on any atom is 0.204 e. The first-order valence-electron chi connectivity index (χ1n) is 4.41. The van der Waals surface area contributed by atoms with Crippen LogP contribution in [0.1, 0.15) is 10.5 Å². The smallest absolute Gasteiger partial charge is 0.204 e. The van der Waals surface area contributed by atoms with Gasteiger partial charge in [0.1, 0.15) is 6.61 Å². The van der Waals surface area contributed by atoms with Crippen molar-refractivity contribution in [1.82, 2.24) is 4.98 Å². The maximum absolute atomic E-state index is 11.5. The van der Waals surface area contributed by atoms with E-state index in [1.807, 2.05) is 30.3 Å². The second kappa shape index (κ2) is 3.64. The molecule has 0 radical (unpaired) electrons. The lowest BCUT2D eigenvalue weighted by atomic mass is 10.2. The summed E-state index contributed by atoms with van der Waals surface area (Å²) in [6.45, 7) is 0.118. The van der Waals surface area contributed by atoms with Crippen molar-refractivity contribution >= 4 is 16.7 Å². The topological polar surface area (TPSA) is 42.1 Å². The fourth-order valence-corrected chi connectivity index (χ4v) is 1.43. The lowest BCUT2D eigenvalue weighted by Crippen LogP contribution is -2.06. The van der Waals surface area contributed by atoms with Gasteiger partial charge < -0.3 is 9.72 Å². The highest BCUT2D eigenvalue weighted by Crippen LogP contribution is 2.14. The van der Waals surface area contributed by atoms with Crippen LogP contribution >= 0.6 is 0 Å². The molecule has 0 saturated carbocycles. The molecule has 1 aromatic carbocycles. The molecule has 14 heavy (non-hydrogen) atoms. The Labute approximate surface area is 81.7 Å². The van der Waals surface area contributed by atoms with Crippen molar-refractivity contribution in [2.45, 2.75) is 0 Å². The summed E-state index contributed by atoms with van der Waals surface area (Å²) in [7, 11) is 1.51. The van der Waals surface area contributed by atoms with Gasteiger partial charge in [0.05, 0.1) is 5.69 Å². The highest BCUT2D eigenvalue weighted by atomic mass is 16.5. The minimum absolute atomic E-state index is 0.0244.